The van der Waals surface area contributed by atoms with Gasteiger partial charge in [-0.25, -0.2) is 0 Å². The molecule has 0 aromatic heterocycles. The SMILES string of the molecule is CCCCCCCCCCCCCCCCCCOCCOC(=O)CP(=O)(O)O. The first-order chi connectivity index (χ1) is 14.0. The summed E-state index contributed by atoms with van der Waals surface area (Å²) in [7, 11) is -4.33. The van der Waals surface area contributed by atoms with Crippen LogP contribution in [0.1, 0.15) is 110 Å². The summed E-state index contributed by atoms with van der Waals surface area (Å²) in [5, 5.41) is 0. The third-order valence-electron chi connectivity index (χ3n) is 4.97. The minimum absolute atomic E-state index is 0.0394. The second-order valence-electron chi connectivity index (χ2n) is 7.96. The lowest BCUT2D eigenvalue weighted by Crippen LogP contribution is -2.14. The van der Waals surface area contributed by atoms with Crippen molar-refractivity contribution in [3.05, 3.63) is 0 Å². The van der Waals surface area contributed by atoms with Crippen LogP contribution in [0.15, 0.2) is 0 Å². The smallest absolute Gasteiger partial charge is 0.336 e. The summed E-state index contributed by atoms with van der Waals surface area (Å²) in [4.78, 5) is 28.3. The van der Waals surface area contributed by atoms with Gasteiger partial charge in [0.25, 0.3) is 0 Å². The van der Waals surface area contributed by atoms with Crippen molar-refractivity contribution in [1.82, 2.24) is 0 Å². The standard InChI is InChI=1S/C22H45O6P/c1-2-3-4-5-6-7-8-9-10-11-12-13-14-15-16-17-18-27-19-20-28-22(23)21-29(24,25)26/h2-21H2,1H3,(H2,24,25,26). The van der Waals surface area contributed by atoms with Crippen LogP contribution < -0.4 is 0 Å². The minimum atomic E-state index is -4.33. The maximum absolute atomic E-state index is 11.1. The highest BCUT2D eigenvalue weighted by Gasteiger charge is 2.19. The Morgan fingerprint density at radius 2 is 1.07 bits per heavy atom. The molecule has 0 aromatic carbocycles. The number of hydrogen-bond acceptors (Lipinski definition) is 4. The molecule has 0 unspecified atom stereocenters. The molecule has 0 aliphatic heterocycles. The molecule has 0 atom stereocenters. The monoisotopic (exact) mass is 436 g/mol. The lowest BCUT2D eigenvalue weighted by atomic mass is 10.0. The normalized spacial score (nSPS) is 11.7. The number of carbonyl (C=O) groups is 1. The molecule has 0 spiro atoms. The van der Waals surface area contributed by atoms with Crippen LogP contribution in [0.4, 0.5) is 0 Å². The maximum Gasteiger partial charge on any atom is 0.336 e. The van der Waals surface area contributed by atoms with E-state index in [-0.39, 0.29) is 13.2 Å². The molecule has 0 aliphatic rings. The maximum atomic E-state index is 11.1. The van der Waals surface area contributed by atoms with Crippen molar-refractivity contribution in [2.24, 2.45) is 0 Å². The van der Waals surface area contributed by atoms with Gasteiger partial charge in [0.05, 0.1) is 6.61 Å². The predicted molar refractivity (Wildman–Crippen MR) is 118 cm³/mol. The Morgan fingerprint density at radius 1 is 0.655 bits per heavy atom. The van der Waals surface area contributed by atoms with Crippen molar-refractivity contribution in [2.75, 3.05) is 26.0 Å². The molecule has 174 valence electrons. The summed E-state index contributed by atoms with van der Waals surface area (Å²) >= 11 is 0. The number of hydrogen-bond donors (Lipinski definition) is 2. The Morgan fingerprint density at radius 3 is 1.48 bits per heavy atom. The van der Waals surface area contributed by atoms with Gasteiger partial charge in [-0.1, -0.05) is 103 Å². The highest BCUT2D eigenvalue weighted by atomic mass is 31.2. The fourth-order valence-electron chi connectivity index (χ4n) is 3.28. The molecule has 0 aromatic rings. The Hall–Kier alpha value is -0.420. The van der Waals surface area contributed by atoms with E-state index in [0.29, 0.717) is 6.61 Å². The number of carbonyl (C=O) groups excluding carboxylic acids is 1. The molecule has 2 N–H and O–H groups in total. The van der Waals surface area contributed by atoms with Gasteiger partial charge in [0.15, 0.2) is 0 Å². The molecule has 0 saturated carbocycles. The quantitative estimate of drug-likeness (QED) is 0.123. The van der Waals surface area contributed by atoms with Crippen LogP contribution in [0.25, 0.3) is 0 Å². The summed E-state index contributed by atoms with van der Waals surface area (Å²) in [5.74, 6) is -0.885. The zero-order valence-corrected chi connectivity index (χ0v) is 19.5. The average Bonchev–Trinajstić information content (AvgIpc) is 2.65. The Balaban J connectivity index is 3.12. The first kappa shape index (κ1) is 28.6. The van der Waals surface area contributed by atoms with E-state index < -0.39 is 19.7 Å². The molecule has 0 heterocycles. The van der Waals surface area contributed by atoms with Crippen molar-refractivity contribution in [2.45, 2.75) is 110 Å². The summed E-state index contributed by atoms with van der Waals surface area (Å²) in [5.41, 5.74) is 0. The Bertz CT molecular complexity index is 410. The molecule has 7 heteroatoms. The fraction of sp³-hybridized carbons (Fsp3) is 0.955. The third-order valence-corrected chi connectivity index (χ3v) is 5.64. The molecule has 0 bridgehead atoms. The molecular formula is C22H45O6P. The van der Waals surface area contributed by atoms with E-state index in [4.69, 9.17) is 19.3 Å². The van der Waals surface area contributed by atoms with E-state index in [0.717, 1.165) is 12.8 Å². The van der Waals surface area contributed by atoms with Gasteiger partial charge in [-0.3, -0.25) is 9.36 Å². The van der Waals surface area contributed by atoms with Crippen LogP contribution in [0.3, 0.4) is 0 Å². The third kappa shape index (κ3) is 25.5. The lowest BCUT2D eigenvalue weighted by molar-refractivity contribution is -0.142. The largest absolute Gasteiger partial charge is 0.463 e. The number of unbranched alkanes of at least 4 members (excludes halogenated alkanes) is 15. The van der Waals surface area contributed by atoms with E-state index in [1.165, 1.54) is 89.9 Å². The van der Waals surface area contributed by atoms with Crippen molar-refractivity contribution in [3.63, 3.8) is 0 Å². The highest BCUT2D eigenvalue weighted by Crippen LogP contribution is 2.33. The van der Waals surface area contributed by atoms with Gasteiger partial charge in [0.1, 0.15) is 12.8 Å². The average molecular weight is 437 g/mol. The highest BCUT2D eigenvalue weighted by molar-refractivity contribution is 7.52. The molecule has 29 heavy (non-hydrogen) atoms. The molecule has 6 nitrogen and oxygen atoms in total. The van der Waals surface area contributed by atoms with Crippen molar-refractivity contribution in [1.29, 1.82) is 0 Å². The number of esters is 1. The number of rotatable bonds is 22. The fourth-order valence-corrected chi connectivity index (χ4v) is 3.71. The Labute approximate surface area is 178 Å². The summed E-state index contributed by atoms with van der Waals surface area (Å²) in [6, 6.07) is 0. The van der Waals surface area contributed by atoms with Gasteiger partial charge in [0.2, 0.25) is 0 Å². The molecule has 0 aliphatic carbocycles. The first-order valence-corrected chi connectivity index (χ1v) is 13.5. The lowest BCUT2D eigenvalue weighted by Gasteiger charge is -2.07. The van der Waals surface area contributed by atoms with Gasteiger partial charge in [-0.05, 0) is 6.42 Å². The summed E-state index contributed by atoms with van der Waals surface area (Å²) < 4.78 is 20.7. The van der Waals surface area contributed by atoms with Crippen LogP contribution >= 0.6 is 7.60 Å². The van der Waals surface area contributed by atoms with Gasteiger partial charge in [0, 0.05) is 6.61 Å². The summed E-state index contributed by atoms with van der Waals surface area (Å²) in [6.07, 6.45) is 20.5. The van der Waals surface area contributed by atoms with Crippen molar-refractivity contribution >= 4 is 13.6 Å². The van der Waals surface area contributed by atoms with Gasteiger partial charge >= 0.3 is 13.6 Å². The second-order valence-corrected chi connectivity index (χ2v) is 9.60. The van der Waals surface area contributed by atoms with Crippen LogP contribution in [-0.2, 0) is 18.8 Å². The molecule has 0 rings (SSSR count). The first-order valence-electron chi connectivity index (χ1n) is 11.7. The van der Waals surface area contributed by atoms with E-state index in [9.17, 15) is 9.36 Å². The zero-order chi connectivity index (χ0) is 21.6. The molecule has 0 radical (unpaired) electrons. The Kier molecular flexibility index (Phi) is 20.5. The van der Waals surface area contributed by atoms with E-state index in [1.807, 2.05) is 0 Å². The van der Waals surface area contributed by atoms with Crippen LogP contribution in [0.5, 0.6) is 0 Å². The number of ether oxygens (including phenoxy) is 2. The predicted octanol–water partition coefficient (Wildman–Crippen LogP) is 5.99. The van der Waals surface area contributed by atoms with Crippen LogP contribution in [0.2, 0.25) is 0 Å². The molecule has 0 amide bonds. The van der Waals surface area contributed by atoms with Crippen LogP contribution in [0, 0.1) is 0 Å². The molecule has 0 saturated heterocycles. The topological polar surface area (TPSA) is 93.1 Å². The van der Waals surface area contributed by atoms with Gasteiger partial charge in [-0.2, -0.15) is 0 Å². The van der Waals surface area contributed by atoms with Gasteiger partial charge in [-0.15, -0.1) is 0 Å². The van der Waals surface area contributed by atoms with Crippen molar-refractivity contribution < 1.29 is 28.6 Å². The van der Waals surface area contributed by atoms with E-state index >= 15 is 0 Å². The second kappa shape index (κ2) is 20.8. The summed E-state index contributed by atoms with van der Waals surface area (Å²) in [6.45, 7) is 3.21. The minimum Gasteiger partial charge on any atom is -0.463 e. The van der Waals surface area contributed by atoms with Crippen LogP contribution in [-0.4, -0.2) is 41.7 Å². The van der Waals surface area contributed by atoms with Gasteiger partial charge < -0.3 is 19.3 Å². The zero-order valence-electron chi connectivity index (χ0n) is 18.6. The molecule has 0 fully saturated rings. The van der Waals surface area contributed by atoms with Crippen molar-refractivity contribution in [3.8, 4) is 0 Å². The van der Waals surface area contributed by atoms with E-state index in [1.54, 1.807) is 0 Å². The molecular weight excluding hydrogens is 391 g/mol. The van der Waals surface area contributed by atoms with E-state index in [2.05, 4.69) is 6.92 Å².